The molecule has 3 heterocycles. The Morgan fingerprint density at radius 1 is 1.23 bits per heavy atom. The van der Waals surface area contributed by atoms with Crippen molar-refractivity contribution in [2.45, 2.75) is 56.7 Å². The van der Waals surface area contributed by atoms with Crippen molar-refractivity contribution in [3.63, 3.8) is 0 Å². The third-order valence-corrected chi connectivity index (χ3v) is 7.85. The molecule has 2 aromatic carbocycles. The lowest BCUT2D eigenvalue weighted by Crippen LogP contribution is -2.57. The van der Waals surface area contributed by atoms with Crippen LogP contribution in [0.2, 0.25) is 5.02 Å². The van der Waals surface area contributed by atoms with Crippen LogP contribution < -0.4 is 4.90 Å². The van der Waals surface area contributed by atoms with Crippen LogP contribution in [0.5, 0.6) is 0 Å². The van der Waals surface area contributed by atoms with Crippen LogP contribution in [-0.4, -0.2) is 65.0 Å². The highest BCUT2D eigenvalue weighted by atomic mass is 35.5. The molecule has 0 aliphatic carbocycles. The van der Waals surface area contributed by atoms with E-state index in [0.717, 1.165) is 33.4 Å². The molecular formula is C29H32ClN5O3S. The van der Waals surface area contributed by atoms with Gasteiger partial charge in [-0.05, 0) is 44.0 Å². The number of rotatable bonds is 4. The Labute approximate surface area is 238 Å². The summed E-state index contributed by atoms with van der Waals surface area (Å²) in [5.41, 5.74) is 2.37. The molecule has 0 bridgehead atoms. The number of hydrogen-bond acceptors (Lipinski definition) is 7. The summed E-state index contributed by atoms with van der Waals surface area (Å²) >= 11 is 8.12. The Morgan fingerprint density at radius 2 is 2.00 bits per heavy atom. The predicted molar refractivity (Wildman–Crippen MR) is 154 cm³/mol. The Hall–Kier alpha value is -3.06. The predicted octanol–water partition coefficient (Wildman–Crippen LogP) is 6.16. The number of carbonyl (C=O) groups excluding carboxylic acids is 1. The van der Waals surface area contributed by atoms with Crippen LogP contribution in [0, 0.1) is 6.57 Å². The number of fused-ring (bicyclic) bond motifs is 2. The van der Waals surface area contributed by atoms with Gasteiger partial charge in [0.25, 0.3) is 0 Å². The van der Waals surface area contributed by atoms with Crippen molar-refractivity contribution in [1.29, 1.82) is 0 Å². The van der Waals surface area contributed by atoms with Gasteiger partial charge in [-0.2, -0.15) is 0 Å². The molecule has 204 valence electrons. The summed E-state index contributed by atoms with van der Waals surface area (Å²) < 4.78 is 12.1. The maximum absolute atomic E-state index is 12.9. The maximum atomic E-state index is 12.9. The number of thioether (sulfide) groups is 1. The zero-order valence-electron chi connectivity index (χ0n) is 22.6. The van der Waals surface area contributed by atoms with E-state index in [0.29, 0.717) is 42.8 Å². The molecule has 0 unspecified atom stereocenters. The van der Waals surface area contributed by atoms with Gasteiger partial charge in [-0.1, -0.05) is 53.7 Å². The largest absolute Gasteiger partial charge is 0.444 e. The van der Waals surface area contributed by atoms with Crippen molar-refractivity contribution in [3.8, 4) is 0 Å². The number of ether oxygens (including phenoxy) is 2. The van der Waals surface area contributed by atoms with E-state index in [9.17, 15) is 4.79 Å². The van der Waals surface area contributed by atoms with Gasteiger partial charge in [-0.25, -0.2) is 21.3 Å². The monoisotopic (exact) mass is 565 g/mol. The summed E-state index contributed by atoms with van der Waals surface area (Å²) in [5.74, 6) is 0.817. The molecule has 1 fully saturated rings. The zero-order chi connectivity index (χ0) is 27.7. The van der Waals surface area contributed by atoms with Crippen molar-refractivity contribution in [2.75, 3.05) is 37.3 Å². The highest BCUT2D eigenvalue weighted by molar-refractivity contribution is 7.98. The van der Waals surface area contributed by atoms with Crippen molar-refractivity contribution >= 4 is 46.0 Å². The molecule has 3 aromatic rings. The van der Waals surface area contributed by atoms with Crippen LogP contribution in [-0.2, 0) is 22.5 Å². The van der Waals surface area contributed by atoms with Gasteiger partial charge in [0.2, 0.25) is 6.54 Å². The molecule has 1 amide bonds. The number of aromatic nitrogens is 2. The first-order valence-electron chi connectivity index (χ1n) is 13.0. The number of anilines is 1. The molecule has 1 saturated heterocycles. The number of hydrogen-bond donors (Lipinski definition) is 0. The minimum atomic E-state index is -0.599. The van der Waals surface area contributed by atoms with Gasteiger partial charge in [0, 0.05) is 42.0 Å². The Morgan fingerprint density at radius 3 is 2.72 bits per heavy atom. The normalized spacial score (nSPS) is 19.5. The summed E-state index contributed by atoms with van der Waals surface area (Å²) in [6.07, 6.45) is 2.00. The standard InChI is InChI=1S/C29H32ClN5O3S/c1-29(2,3)38-28(36)35-13-12-34(16-19(35)15-31-4)26-21-17-37-24(14-23(21)32-27(33-26)39-5)20-10-6-8-18-9-7-11-22(30)25(18)20/h6-11,19,24H,12-17H2,1-3,5H3/t19-,24-/m0/s1. The van der Waals surface area contributed by atoms with Gasteiger partial charge >= 0.3 is 6.09 Å². The molecule has 5 rings (SSSR count). The number of piperazine rings is 1. The van der Waals surface area contributed by atoms with Crippen molar-refractivity contribution in [3.05, 3.63) is 69.7 Å². The molecule has 2 aliphatic rings. The molecule has 0 N–H and O–H groups in total. The van der Waals surface area contributed by atoms with Crippen LogP contribution in [0.25, 0.3) is 15.6 Å². The van der Waals surface area contributed by atoms with Gasteiger partial charge < -0.3 is 19.2 Å². The second kappa shape index (κ2) is 11.2. The first kappa shape index (κ1) is 27.5. The number of benzene rings is 2. The average molecular weight is 566 g/mol. The maximum Gasteiger partial charge on any atom is 0.410 e. The molecule has 2 aliphatic heterocycles. The summed E-state index contributed by atoms with van der Waals surface area (Å²) in [4.78, 5) is 30.1. The lowest BCUT2D eigenvalue weighted by molar-refractivity contribution is 0.0151. The first-order chi connectivity index (χ1) is 18.7. The summed E-state index contributed by atoms with van der Waals surface area (Å²) in [6.45, 7) is 15.1. The van der Waals surface area contributed by atoms with E-state index in [1.165, 1.54) is 11.8 Å². The van der Waals surface area contributed by atoms with E-state index in [4.69, 9.17) is 37.6 Å². The average Bonchev–Trinajstić information content (AvgIpc) is 2.91. The molecule has 0 spiro atoms. The zero-order valence-corrected chi connectivity index (χ0v) is 24.2. The third-order valence-electron chi connectivity index (χ3n) is 6.99. The second-order valence-corrected chi connectivity index (χ2v) is 11.9. The number of nitrogens with zero attached hydrogens (tertiary/aromatic N) is 5. The van der Waals surface area contributed by atoms with Crippen molar-refractivity contribution < 1.29 is 14.3 Å². The van der Waals surface area contributed by atoms with Gasteiger partial charge in [0.1, 0.15) is 17.5 Å². The fourth-order valence-corrected chi connectivity index (χ4v) is 5.91. The van der Waals surface area contributed by atoms with E-state index in [1.807, 2.05) is 45.2 Å². The van der Waals surface area contributed by atoms with Gasteiger partial charge in [-0.3, -0.25) is 4.90 Å². The van der Waals surface area contributed by atoms with Crippen LogP contribution in [0.4, 0.5) is 10.6 Å². The Bertz CT molecular complexity index is 1430. The van der Waals surface area contributed by atoms with Crippen LogP contribution in [0.15, 0.2) is 41.6 Å². The fourth-order valence-electron chi connectivity index (χ4n) is 5.24. The van der Waals surface area contributed by atoms with E-state index < -0.39 is 5.60 Å². The lowest BCUT2D eigenvalue weighted by Gasteiger charge is -2.41. The molecular weight excluding hydrogens is 534 g/mol. The fraction of sp³-hybridized carbons (Fsp3) is 0.448. The Kier molecular flexibility index (Phi) is 7.90. The van der Waals surface area contributed by atoms with Crippen LogP contribution in [0.1, 0.15) is 43.7 Å². The van der Waals surface area contributed by atoms with Gasteiger partial charge in [0.05, 0.1) is 18.4 Å². The number of carbonyl (C=O) groups is 1. The Balaban J connectivity index is 1.44. The minimum absolute atomic E-state index is 0.183. The van der Waals surface area contributed by atoms with E-state index in [-0.39, 0.29) is 24.8 Å². The third kappa shape index (κ3) is 5.79. The first-order valence-corrected chi connectivity index (χ1v) is 14.6. The topological polar surface area (TPSA) is 72.2 Å². The van der Waals surface area contributed by atoms with Gasteiger partial charge in [0.15, 0.2) is 5.16 Å². The lowest BCUT2D eigenvalue weighted by atomic mass is 9.94. The molecule has 8 nitrogen and oxygen atoms in total. The summed E-state index contributed by atoms with van der Waals surface area (Å²) in [7, 11) is 0. The van der Waals surface area contributed by atoms with Crippen LogP contribution >= 0.6 is 23.4 Å². The number of amides is 1. The molecule has 0 saturated carbocycles. The van der Waals surface area contributed by atoms with Crippen molar-refractivity contribution in [2.24, 2.45) is 0 Å². The van der Waals surface area contributed by atoms with E-state index in [1.54, 1.807) is 4.90 Å². The van der Waals surface area contributed by atoms with Gasteiger partial charge in [-0.15, -0.1) is 0 Å². The smallest absolute Gasteiger partial charge is 0.410 e. The quantitative estimate of drug-likeness (QED) is 0.213. The number of halogens is 1. The summed E-state index contributed by atoms with van der Waals surface area (Å²) in [6, 6.07) is 11.8. The van der Waals surface area contributed by atoms with E-state index in [2.05, 4.69) is 27.9 Å². The second-order valence-electron chi connectivity index (χ2n) is 10.8. The van der Waals surface area contributed by atoms with E-state index >= 15 is 0 Å². The molecule has 2 atom stereocenters. The molecule has 10 heteroatoms. The van der Waals surface area contributed by atoms with Crippen LogP contribution in [0.3, 0.4) is 0 Å². The molecule has 0 radical (unpaired) electrons. The molecule has 39 heavy (non-hydrogen) atoms. The molecule has 1 aromatic heterocycles. The highest BCUT2D eigenvalue weighted by Gasteiger charge is 2.37. The highest BCUT2D eigenvalue weighted by Crippen LogP contribution is 2.39. The SMILES string of the molecule is [C-]#[N+]C[C@H]1CN(c2nc(SC)nc3c2CO[C@H](c2cccc4cccc(Cl)c24)C3)CCN1C(=O)OC(C)(C)C. The minimum Gasteiger partial charge on any atom is -0.444 e. The summed E-state index contributed by atoms with van der Waals surface area (Å²) in [5, 5.41) is 3.49. The van der Waals surface area contributed by atoms with Crippen molar-refractivity contribution in [1.82, 2.24) is 14.9 Å².